The molecule has 1 aliphatic rings. The van der Waals surface area contributed by atoms with Crippen molar-refractivity contribution in [1.82, 2.24) is 9.88 Å². The lowest BCUT2D eigenvalue weighted by Gasteiger charge is -2.14. The minimum atomic E-state index is -0.953. The molecular weight excluding hydrogens is 428 g/mol. The lowest BCUT2D eigenvalue weighted by Crippen LogP contribution is -2.27. The number of rotatable bonds is 6. The van der Waals surface area contributed by atoms with Gasteiger partial charge in [0.25, 0.3) is 5.91 Å². The topological polar surface area (TPSA) is 62.7 Å². The number of thioether (sulfide) groups is 1. The summed E-state index contributed by atoms with van der Waals surface area (Å²) < 4.78 is 5.47. The third-order valence-electron chi connectivity index (χ3n) is 4.82. The van der Waals surface area contributed by atoms with Crippen LogP contribution in [0.25, 0.3) is 17.3 Å². The van der Waals surface area contributed by atoms with E-state index in [4.69, 9.17) is 17.0 Å². The number of ether oxygens (including phenoxy) is 1. The summed E-state index contributed by atoms with van der Waals surface area (Å²) in [6.07, 6.45) is 0.822. The third kappa shape index (κ3) is 4.91. The number of aliphatic hydroxyl groups is 1. The number of carbonyl (C=O) groups excluding carboxylic acids is 1. The van der Waals surface area contributed by atoms with Crippen molar-refractivity contribution in [3.63, 3.8) is 0 Å². The molecular formula is C24H20N2O3S2. The summed E-state index contributed by atoms with van der Waals surface area (Å²) in [6.45, 7) is 0.454. The van der Waals surface area contributed by atoms with Crippen LogP contribution in [0.3, 0.4) is 0 Å². The van der Waals surface area contributed by atoms with Crippen molar-refractivity contribution in [2.45, 2.75) is 12.8 Å². The standard InChI is InChI=1S/C24H20N2O3S2/c1-29-23(28)18-12-10-17(11-13-18)20-9-5-8-19(25-20)14-21-22(27)26(24(30)31-21)15-16-6-3-2-4-7-16/h2-14,23,28H,15H2,1H3/b21-14-. The van der Waals surface area contributed by atoms with Crippen molar-refractivity contribution < 1.29 is 14.6 Å². The summed E-state index contributed by atoms with van der Waals surface area (Å²) >= 11 is 6.72. The lowest BCUT2D eigenvalue weighted by atomic mass is 10.1. The minimum absolute atomic E-state index is 0.107. The van der Waals surface area contributed by atoms with E-state index in [0.717, 1.165) is 16.8 Å². The van der Waals surface area contributed by atoms with Gasteiger partial charge in [-0.15, -0.1) is 0 Å². The summed E-state index contributed by atoms with van der Waals surface area (Å²) in [5.74, 6) is -0.107. The van der Waals surface area contributed by atoms with Gasteiger partial charge in [-0.1, -0.05) is 84.6 Å². The molecule has 1 fully saturated rings. The first-order valence-electron chi connectivity index (χ1n) is 9.62. The van der Waals surface area contributed by atoms with Gasteiger partial charge < -0.3 is 9.84 Å². The van der Waals surface area contributed by atoms with Crippen LogP contribution in [0.1, 0.15) is 23.1 Å². The molecule has 1 atom stereocenters. The largest absolute Gasteiger partial charge is 0.364 e. The lowest BCUT2D eigenvalue weighted by molar-refractivity contribution is -0.122. The molecule has 0 spiro atoms. The highest BCUT2D eigenvalue weighted by Gasteiger charge is 2.32. The Kier molecular flexibility index (Phi) is 6.58. The number of pyridine rings is 1. The van der Waals surface area contributed by atoms with Crippen LogP contribution in [0, 0.1) is 0 Å². The first kappa shape index (κ1) is 21.4. The predicted octanol–water partition coefficient (Wildman–Crippen LogP) is 4.79. The maximum absolute atomic E-state index is 12.9. The van der Waals surface area contributed by atoms with Gasteiger partial charge >= 0.3 is 0 Å². The SMILES string of the molecule is COC(O)c1ccc(-c2cccc(/C=C3\SC(=S)N(Cc4ccccc4)C3=O)n2)cc1. The van der Waals surface area contributed by atoms with Crippen LogP contribution in [0.15, 0.2) is 77.7 Å². The van der Waals surface area contributed by atoms with Gasteiger partial charge in [-0.05, 0) is 23.8 Å². The number of amides is 1. The normalized spacial score (nSPS) is 16.2. The number of methoxy groups -OCH3 is 1. The highest BCUT2D eigenvalue weighted by molar-refractivity contribution is 8.26. The molecule has 2 aromatic carbocycles. The van der Waals surface area contributed by atoms with E-state index < -0.39 is 6.29 Å². The summed E-state index contributed by atoms with van der Waals surface area (Å²) in [4.78, 5) is 19.7. The van der Waals surface area contributed by atoms with Gasteiger partial charge in [-0.3, -0.25) is 9.69 Å². The number of thiocarbonyl (C=S) groups is 1. The van der Waals surface area contributed by atoms with Crippen molar-refractivity contribution >= 4 is 40.3 Å². The monoisotopic (exact) mass is 448 g/mol. The van der Waals surface area contributed by atoms with Crippen LogP contribution >= 0.6 is 24.0 Å². The molecule has 0 radical (unpaired) electrons. The second-order valence-corrected chi connectivity index (χ2v) is 8.59. The molecule has 1 N–H and O–H groups in total. The Hall–Kier alpha value is -2.84. The number of hydrogen-bond acceptors (Lipinski definition) is 6. The van der Waals surface area contributed by atoms with Gasteiger partial charge in [0.15, 0.2) is 6.29 Å². The predicted molar refractivity (Wildman–Crippen MR) is 127 cm³/mol. The summed E-state index contributed by atoms with van der Waals surface area (Å²) in [6, 6.07) is 22.8. The molecule has 31 heavy (non-hydrogen) atoms. The molecule has 5 nitrogen and oxygen atoms in total. The highest BCUT2D eigenvalue weighted by Crippen LogP contribution is 2.33. The Morgan fingerprint density at radius 3 is 2.55 bits per heavy atom. The van der Waals surface area contributed by atoms with E-state index in [0.29, 0.717) is 27.0 Å². The molecule has 2 heterocycles. The zero-order valence-electron chi connectivity index (χ0n) is 16.8. The molecule has 7 heteroatoms. The van der Waals surface area contributed by atoms with Crippen LogP contribution < -0.4 is 0 Å². The zero-order valence-corrected chi connectivity index (χ0v) is 18.4. The average Bonchev–Trinajstić information content (AvgIpc) is 3.07. The first-order chi connectivity index (χ1) is 15.0. The molecule has 0 saturated carbocycles. The van der Waals surface area contributed by atoms with E-state index in [-0.39, 0.29) is 5.91 Å². The molecule has 1 amide bonds. The van der Waals surface area contributed by atoms with E-state index in [1.54, 1.807) is 23.1 Å². The molecule has 1 aromatic heterocycles. The van der Waals surface area contributed by atoms with Gasteiger partial charge in [0.1, 0.15) is 4.32 Å². The molecule has 0 aliphatic carbocycles. The molecule has 0 bridgehead atoms. The summed E-state index contributed by atoms with van der Waals surface area (Å²) in [5.41, 5.74) is 4.05. The van der Waals surface area contributed by atoms with Crippen LogP contribution in [0.5, 0.6) is 0 Å². The van der Waals surface area contributed by atoms with Gasteiger partial charge in [0.2, 0.25) is 0 Å². The second-order valence-electron chi connectivity index (χ2n) is 6.91. The molecule has 4 rings (SSSR count). The Bertz CT molecular complexity index is 1130. The fourth-order valence-corrected chi connectivity index (χ4v) is 4.42. The molecule has 1 aliphatic heterocycles. The molecule has 1 saturated heterocycles. The van der Waals surface area contributed by atoms with E-state index in [1.807, 2.05) is 60.7 Å². The molecule has 1 unspecified atom stereocenters. The van der Waals surface area contributed by atoms with E-state index >= 15 is 0 Å². The smallest absolute Gasteiger partial charge is 0.266 e. The van der Waals surface area contributed by atoms with Crippen molar-refractivity contribution in [3.05, 3.63) is 94.5 Å². The fraction of sp³-hybridized carbons (Fsp3) is 0.125. The van der Waals surface area contributed by atoms with Gasteiger partial charge in [0, 0.05) is 18.2 Å². The second kappa shape index (κ2) is 9.53. The minimum Gasteiger partial charge on any atom is -0.364 e. The number of aromatic nitrogens is 1. The molecule has 3 aromatic rings. The molecule has 156 valence electrons. The number of aliphatic hydroxyl groups excluding tert-OH is 1. The average molecular weight is 449 g/mol. The van der Waals surface area contributed by atoms with Gasteiger partial charge in [0.05, 0.1) is 22.8 Å². The van der Waals surface area contributed by atoms with Crippen molar-refractivity contribution in [3.8, 4) is 11.3 Å². The number of benzene rings is 2. The Morgan fingerprint density at radius 1 is 1.10 bits per heavy atom. The van der Waals surface area contributed by atoms with Gasteiger partial charge in [-0.2, -0.15) is 0 Å². The van der Waals surface area contributed by atoms with Crippen LogP contribution in [-0.4, -0.2) is 32.3 Å². The Labute approximate surface area is 190 Å². The van der Waals surface area contributed by atoms with Crippen molar-refractivity contribution in [2.24, 2.45) is 0 Å². The van der Waals surface area contributed by atoms with Crippen LogP contribution in [0.4, 0.5) is 0 Å². The maximum atomic E-state index is 12.9. The zero-order chi connectivity index (χ0) is 21.8. The van der Waals surface area contributed by atoms with Crippen LogP contribution in [0.2, 0.25) is 0 Å². The Morgan fingerprint density at radius 2 is 1.84 bits per heavy atom. The highest BCUT2D eigenvalue weighted by atomic mass is 32.2. The van der Waals surface area contributed by atoms with Crippen molar-refractivity contribution in [1.29, 1.82) is 0 Å². The third-order valence-corrected chi connectivity index (χ3v) is 6.20. The van der Waals surface area contributed by atoms with E-state index in [9.17, 15) is 9.90 Å². The van der Waals surface area contributed by atoms with Gasteiger partial charge in [-0.25, -0.2) is 4.98 Å². The van der Waals surface area contributed by atoms with E-state index in [2.05, 4.69) is 4.98 Å². The Balaban J connectivity index is 1.54. The fourth-order valence-electron chi connectivity index (χ4n) is 3.18. The first-order valence-corrected chi connectivity index (χ1v) is 10.8. The summed E-state index contributed by atoms with van der Waals surface area (Å²) in [7, 11) is 1.45. The van der Waals surface area contributed by atoms with Crippen LogP contribution in [-0.2, 0) is 16.1 Å². The van der Waals surface area contributed by atoms with Crippen molar-refractivity contribution in [2.75, 3.05) is 7.11 Å². The number of hydrogen-bond donors (Lipinski definition) is 1. The maximum Gasteiger partial charge on any atom is 0.266 e. The van der Waals surface area contributed by atoms with E-state index in [1.165, 1.54) is 18.9 Å². The summed E-state index contributed by atoms with van der Waals surface area (Å²) in [5, 5.41) is 9.76. The quantitative estimate of drug-likeness (QED) is 0.332. The number of carbonyl (C=O) groups is 1. The number of nitrogens with zero attached hydrogens (tertiary/aromatic N) is 2.